The van der Waals surface area contributed by atoms with Gasteiger partial charge in [-0.3, -0.25) is 4.79 Å². The van der Waals surface area contributed by atoms with Gasteiger partial charge in [-0.1, -0.05) is 12.8 Å². The highest BCUT2D eigenvalue weighted by molar-refractivity contribution is 5.90. The van der Waals surface area contributed by atoms with Crippen molar-refractivity contribution >= 4 is 29.8 Å². The van der Waals surface area contributed by atoms with Gasteiger partial charge in [-0.05, 0) is 12.8 Å². The zero-order valence-electron chi connectivity index (χ0n) is 18.4. The molecule has 1 fully saturated rings. The summed E-state index contributed by atoms with van der Waals surface area (Å²) in [6.07, 6.45) is -10.4. The van der Waals surface area contributed by atoms with Crippen molar-refractivity contribution in [3.8, 4) is 0 Å². The molecule has 0 aromatic carbocycles. The topological polar surface area (TPSA) is 253 Å². The Kier molecular flexibility index (Phi) is 12.5. The first kappa shape index (κ1) is 30.1. The minimum Gasteiger partial charge on any atom is -0.433 e. The SMILES string of the molecule is O=C1CCCCCCC(=O)OOC(=O)C(O)(CC(=O)OC(O)[C@@H](O)[C@H](O)[C@H](O)CO)CC(=O)OO1. The molecule has 0 bridgehead atoms. The van der Waals surface area contributed by atoms with Crippen LogP contribution in [0.1, 0.15) is 51.4 Å². The molecule has 0 saturated carbocycles. The minimum absolute atomic E-state index is 0.132. The minimum atomic E-state index is -3.13. The lowest BCUT2D eigenvalue weighted by atomic mass is 9.96. The van der Waals surface area contributed by atoms with Crippen molar-refractivity contribution in [1.82, 2.24) is 0 Å². The molecule has 0 aromatic heterocycles. The second-order valence-corrected chi connectivity index (χ2v) is 7.65. The van der Waals surface area contributed by atoms with Crippen LogP contribution < -0.4 is 0 Å². The summed E-state index contributed by atoms with van der Waals surface area (Å²) >= 11 is 0. The van der Waals surface area contributed by atoms with E-state index >= 15 is 0 Å². The molecule has 0 aromatic rings. The fraction of sp³-hybridized carbons (Fsp3) is 0.737. The Labute approximate surface area is 197 Å². The molecular weight excluding hydrogens is 484 g/mol. The van der Waals surface area contributed by atoms with E-state index in [2.05, 4.69) is 24.3 Å². The highest BCUT2D eigenvalue weighted by Gasteiger charge is 2.46. The number of hydrogen-bond acceptors (Lipinski definition) is 16. The number of hydrogen-bond donors (Lipinski definition) is 6. The zero-order valence-corrected chi connectivity index (χ0v) is 18.4. The maximum absolute atomic E-state index is 12.3. The summed E-state index contributed by atoms with van der Waals surface area (Å²) in [5.74, 6) is -6.94. The molecule has 0 aliphatic carbocycles. The molecule has 2 unspecified atom stereocenters. The summed E-state index contributed by atoms with van der Waals surface area (Å²) in [5, 5.41) is 57.5. The first-order valence-electron chi connectivity index (χ1n) is 10.5. The van der Waals surface area contributed by atoms with Gasteiger partial charge in [0.15, 0.2) is 5.60 Å². The monoisotopic (exact) mass is 512 g/mol. The third kappa shape index (κ3) is 10.5. The van der Waals surface area contributed by atoms with Crippen LogP contribution in [0.25, 0.3) is 0 Å². The molecule has 1 aliphatic heterocycles. The van der Waals surface area contributed by atoms with Crippen molar-refractivity contribution in [3.63, 3.8) is 0 Å². The third-order valence-electron chi connectivity index (χ3n) is 4.68. The molecule has 1 heterocycles. The van der Waals surface area contributed by atoms with Gasteiger partial charge in [-0.2, -0.15) is 0 Å². The third-order valence-corrected chi connectivity index (χ3v) is 4.68. The molecule has 35 heavy (non-hydrogen) atoms. The second kappa shape index (κ2) is 14.5. The molecular formula is C19H28O16. The molecule has 16 nitrogen and oxygen atoms in total. The van der Waals surface area contributed by atoms with Gasteiger partial charge in [-0.25, -0.2) is 38.7 Å². The van der Waals surface area contributed by atoms with E-state index in [1.165, 1.54) is 0 Å². The van der Waals surface area contributed by atoms with Gasteiger partial charge < -0.3 is 35.4 Å². The van der Waals surface area contributed by atoms with Crippen LogP contribution in [0, 0.1) is 0 Å². The van der Waals surface area contributed by atoms with Gasteiger partial charge in [0, 0.05) is 0 Å². The van der Waals surface area contributed by atoms with E-state index in [4.69, 9.17) is 5.11 Å². The van der Waals surface area contributed by atoms with Gasteiger partial charge in [0.05, 0.1) is 32.3 Å². The predicted molar refractivity (Wildman–Crippen MR) is 103 cm³/mol. The molecule has 0 amide bonds. The first-order chi connectivity index (χ1) is 16.4. The first-order valence-corrected chi connectivity index (χ1v) is 10.5. The van der Waals surface area contributed by atoms with Crippen molar-refractivity contribution in [2.75, 3.05) is 6.61 Å². The molecule has 0 spiro atoms. The number of aliphatic hydroxyl groups excluding tert-OH is 5. The van der Waals surface area contributed by atoms with Crippen LogP contribution in [0.2, 0.25) is 0 Å². The molecule has 5 atom stereocenters. The van der Waals surface area contributed by atoms with Crippen LogP contribution in [0.15, 0.2) is 0 Å². The summed E-state index contributed by atoms with van der Waals surface area (Å²) in [6.45, 7) is -1.02. The molecule has 16 heteroatoms. The van der Waals surface area contributed by atoms with Crippen molar-refractivity contribution in [3.05, 3.63) is 0 Å². The van der Waals surface area contributed by atoms with E-state index < -0.39 is 79.5 Å². The van der Waals surface area contributed by atoms with E-state index in [-0.39, 0.29) is 12.8 Å². The number of aliphatic hydroxyl groups is 6. The lowest BCUT2D eigenvalue weighted by Gasteiger charge is -2.27. The van der Waals surface area contributed by atoms with Gasteiger partial charge >= 0.3 is 29.8 Å². The van der Waals surface area contributed by atoms with E-state index in [0.29, 0.717) is 25.7 Å². The number of esters is 1. The maximum Gasteiger partial charge on any atom is 0.387 e. The molecule has 1 aliphatic rings. The van der Waals surface area contributed by atoms with Gasteiger partial charge in [0.1, 0.15) is 18.3 Å². The Balaban J connectivity index is 2.93. The van der Waals surface area contributed by atoms with Crippen LogP contribution in [-0.4, -0.2) is 97.3 Å². The summed E-state index contributed by atoms with van der Waals surface area (Å²) in [7, 11) is 0. The Morgan fingerprint density at radius 2 is 1.34 bits per heavy atom. The van der Waals surface area contributed by atoms with E-state index in [0.717, 1.165) is 0 Å². The number of ether oxygens (including phenoxy) is 1. The summed E-state index contributed by atoms with van der Waals surface area (Å²) in [5.41, 5.74) is -3.13. The maximum atomic E-state index is 12.3. The normalized spacial score (nSPS) is 24.6. The van der Waals surface area contributed by atoms with E-state index in [1.54, 1.807) is 0 Å². The van der Waals surface area contributed by atoms with Crippen LogP contribution >= 0.6 is 0 Å². The van der Waals surface area contributed by atoms with Crippen molar-refractivity contribution < 1.29 is 78.9 Å². The fourth-order valence-electron chi connectivity index (χ4n) is 2.69. The largest absolute Gasteiger partial charge is 0.433 e. The lowest BCUT2D eigenvalue weighted by Crippen LogP contribution is -2.49. The van der Waals surface area contributed by atoms with Crippen LogP contribution in [0.3, 0.4) is 0 Å². The quantitative estimate of drug-likeness (QED) is 0.111. The summed E-state index contributed by atoms with van der Waals surface area (Å²) in [4.78, 5) is 76.5. The standard InChI is InChI=1S/C19H28O16/c20-9-10(21)15(26)16(27)17(28)31-13(24)7-19(30)8-14(25)34-32-11(22)5-3-1-2-4-6-12(23)33-35-18(19)29/h10,15-17,20-21,26-28,30H,1-9H2/t10-,15-,16+,17?,19?/m1/s1. The zero-order chi connectivity index (χ0) is 26.6. The van der Waals surface area contributed by atoms with Crippen LogP contribution in [0.4, 0.5) is 0 Å². The van der Waals surface area contributed by atoms with Crippen molar-refractivity contribution in [2.24, 2.45) is 0 Å². The molecule has 0 radical (unpaired) electrons. The van der Waals surface area contributed by atoms with E-state index in [1.807, 2.05) is 0 Å². The summed E-state index contributed by atoms with van der Waals surface area (Å²) < 4.78 is 4.36. The number of carbonyl (C=O) groups is 5. The fourth-order valence-corrected chi connectivity index (χ4v) is 2.69. The number of carbonyl (C=O) groups excluding carboxylic acids is 5. The van der Waals surface area contributed by atoms with Crippen molar-refractivity contribution in [2.45, 2.75) is 81.6 Å². The Morgan fingerprint density at radius 1 is 0.829 bits per heavy atom. The second-order valence-electron chi connectivity index (χ2n) is 7.65. The smallest absolute Gasteiger partial charge is 0.387 e. The highest BCUT2D eigenvalue weighted by Crippen LogP contribution is 2.22. The van der Waals surface area contributed by atoms with Gasteiger partial charge in [0.2, 0.25) is 6.29 Å². The molecule has 1 saturated heterocycles. The molecule has 6 N–H and O–H groups in total. The Hall–Kier alpha value is -2.89. The average Bonchev–Trinajstić information content (AvgIpc) is 2.80. The molecule has 1 rings (SSSR count). The average molecular weight is 512 g/mol. The van der Waals surface area contributed by atoms with Gasteiger partial charge in [0.25, 0.3) is 0 Å². The predicted octanol–water partition coefficient (Wildman–Crippen LogP) is -3.21. The lowest BCUT2D eigenvalue weighted by molar-refractivity contribution is -0.276. The van der Waals surface area contributed by atoms with Crippen LogP contribution in [-0.2, 0) is 48.3 Å². The van der Waals surface area contributed by atoms with E-state index in [9.17, 15) is 49.5 Å². The highest BCUT2D eigenvalue weighted by atomic mass is 17.2. The summed E-state index contributed by atoms with van der Waals surface area (Å²) in [6, 6.07) is 0. The molecule has 200 valence electrons. The number of rotatable bonds is 7. The Bertz CT molecular complexity index is 753. The Morgan fingerprint density at radius 3 is 1.89 bits per heavy atom. The van der Waals surface area contributed by atoms with Crippen LogP contribution in [0.5, 0.6) is 0 Å². The van der Waals surface area contributed by atoms with Gasteiger partial charge in [-0.15, -0.1) is 0 Å². The van der Waals surface area contributed by atoms with Crippen molar-refractivity contribution in [1.29, 1.82) is 0 Å².